The topological polar surface area (TPSA) is 55.2 Å². The van der Waals surface area contributed by atoms with Gasteiger partial charge in [0, 0.05) is 31.6 Å². The third-order valence-electron chi connectivity index (χ3n) is 5.01. The van der Waals surface area contributed by atoms with Gasteiger partial charge in [-0.1, -0.05) is 6.42 Å². The van der Waals surface area contributed by atoms with Crippen LogP contribution in [0.4, 0.5) is 13.2 Å². The zero-order chi connectivity index (χ0) is 17.3. The third kappa shape index (κ3) is 3.62. The molecule has 132 valence electrons. The number of rotatable bonds is 3. The molecule has 2 aliphatic rings. The van der Waals surface area contributed by atoms with Crippen LogP contribution in [0.15, 0.2) is 17.2 Å². The molecular formula is C16H20F3N3O2. The van der Waals surface area contributed by atoms with E-state index in [0.717, 1.165) is 38.4 Å². The minimum absolute atomic E-state index is 0.173. The van der Waals surface area contributed by atoms with Crippen molar-refractivity contribution < 1.29 is 18.0 Å². The second kappa shape index (κ2) is 6.57. The molecule has 0 radical (unpaired) electrons. The van der Waals surface area contributed by atoms with Gasteiger partial charge in [-0.15, -0.1) is 0 Å². The second-order valence-electron chi connectivity index (χ2n) is 6.66. The molecule has 8 heteroatoms. The number of amides is 1. The Morgan fingerprint density at radius 1 is 1.21 bits per heavy atom. The summed E-state index contributed by atoms with van der Waals surface area (Å²) >= 11 is 0. The van der Waals surface area contributed by atoms with E-state index in [-0.39, 0.29) is 17.7 Å². The minimum Gasteiger partial charge on any atom is -0.342 e. The van der Waals surface area contributed by atoms with Crippen molar-refractivity contribution in [2.75, 3.05) is 13.1 Å². The molecule has 2 heterocycles. The Labute approximate surface area is 137 Å². The fraction of sp³-hybridized carbons (Fsp3) is 0.688. The molecule has 0 atom stereocenters. The van der Waals surface area contributed by atoms with E-state index >= 15 is 0 Å². The zero-order valence-corrected chi connectivity index (χ0v) is 13.3. The average molecular weight is 343 g/mol. The van der Waals surface area contributed by atoms with Crippen LogP contribution in [0.1, 0.15) is 37.8 Å². The first-order valence-electron chi connectivity index (χ1n) is 8.27. The highest BCUT2D eigenvalue weighted by molar-refractivity contribution is 5.79. The first-order valence-corrected chi connectivity index (χ1v) is 8.27. The van der Waals surface area contributed by atoms with E-state index in [9.17, 15) is 22.8 Å². The lowest BCUT2D eigenvalue weighted by molar-refractivity contribution is -0.141. The third-order valence-corrected chi connectivity index (χ3v) is 5.01. The SMILES string of the molecule is O=C(C1CCC1)N1CCC(Cn2cnc(C(F)(F)F)cc2=O)CC1. The monoisotopic (exact) mass is 343 g/mol. The summed E-state index contributed by atoms with van der Waals surface area (Å²) in [6.45, 7) is 1.65. The highest BCUT2D eigenvalue weighted by Gasteiger charge is 2.34. The van der Waals surface area contributed by atoms with Gasteiger partial charge in [-0.3, -0.25) is 14.2 Å². The van der Waals surface area contributed by atoms with Crippen molar-refractivity contribution in [1.29, 1.82) is 0 Å². The van der Waals surface area contributed by atoms with E-state index in [0.29, 0.717) is 25.7 Å². The number of aromatic nitrogens is 2. The molecule has 1 saturated carbocycles. The molecule has 1 aliphatic heterocycles. The number of carbonyl (C=O) groups is 1. The largest absolute Gasteiger partial charge is 0.433 e. The Morgan fingerprint density at radius 2 is 1.88 bits per heavy atom. The number of likely N-dealkylation sites (tertiary alicyclic amines) is 1. The molecule has 0 unspecified atom stereocenters. The maximum Gasteiger partial charge on any atom is 0.433 e. The molecule has 2 fully saturated rings. The zero-order valence-electron chi connectivity index (χ0n) is 13.3. The summed E-state index contributed by atoms with van der Waals surface area (Å²) < 4.78 is 38.8. The first kappa shape index (κ1) is 17.0. The van der Waals surface area contributed by atoms with E-state index in [1.807, 2.05) is 4.90 Å². The van der Waals surface area contributed by atoms with Crippen LogP contribution in [0.5, 0.6) is 0 Å². The maximum atomic E-state index is 12.5. The Morgan fingerprint density at radius 3 is 2.38 bits per heavy atom. The van der Waals surface area contributed by atoms with Gasteiger partial charge in [0.1, 0.15) is 0 Å². The quantitative estimate of drug-likeness (QED) is 0.846. The number of hydrogen-bond donors (Lipinski definition) is 0. The van der Waals surface area contributed by atoms with Crippen molar-refractivity contribution >= 4 is 5.91 Å². The van der Waals surface area contributed by atoms with Gasteiger partial charge >= 0.3 is 6.18 Å². The summed E-state index contributed by atoms with van der Waals surface area (Å²) in [5, 5.41) is 0. The summed E-state index contributed by atoms with van der Waals surface area (Å²) in [7, 11) is 0. The summed E-state index contributed by atoms with van der Waals surface area (Å²) in [5.74, 6) is 0.586. The molecule has 0 aromatic carbocycles. The molecule has 1 aromatic heterocycles. The van der Waals surface area contributed by atoms with Crippen LogP contribution in [-0.4, -0.2) is 33.4 Å². The Hall–Kier alpha value is -1.86. The van der Waals surface area contributed by atoms with Crippen LogP contribution in [0.2, 0.25) is 0 Å². The van der Waals surface area contributed by atoms with Crippen molar-refractivity contribution in [1.82, 2.24) is 14.5 Å². The summed E-state index contributed by atoms with van der Waals surface area (Å²) in [6, 6.07) is 0.537. The van der Waals surface area contributed by atoms with E-state index in [2.05, 4.69) is 4.98 Å². The predicted molar refractivity (Wildman–Crippen MR) is 80.1 cm³/mol. The van der Waals surface area contributed by atoms with Crippen LogP contribution >= 0.6 is 0 Å². The number of hydrogen-bond acceptors (Lipinski definition) is 3. The van der Waals surface area contributed by atoms with Crippen molar-refractivity contribution in [3.05, 3.63) is 28.4 Å². The van der Waals surface area contributed by atoms with Crippen LogP contribution < -0.4 is 5.56 Å². The molecule has 1 aliphatic carbocycles. The first-order chi connectivity index (χ1) is 11.3. The summed E-state index contributed by atoms with van der Waals surface area (Å²) in [4.78, 5) is 29.2. The second-order valence-corrected chi connectivity index (χ2v) is 6.66. The van der Waals surface area contributed by atoms with Gasteiger partial charge < -0.3 is 4.90 Å². The molecule has 1 saturated heterocycles. The number of alkyl halides is 3. The van der Waals surface area contributed by atoms with Crippen molar-refractivity contribution in [3.63, 3.8) is 0 Å². The maximum absolute atomic E-state index is 12.5. The van der Waals surface area contributed by atoms with E-state index in [1.54, 1.807) is 0 Å². The van der Waals surface area contributed by atoms with Gasteiger partial charge in [-0.2, -0.15) is 13.2 Å². The van der Waals surface area contributed by atoms with Gasteiger partial charge in [0.15, 0.2) is 5.69 Å². The molecular weight excluding hydrogens is 323 g/mol. The smallest absolute Gasteiger partial charge is 0.342 e. The van der Waals surface area contributed by atoms with E-state index < -0.39 is 17.4 Å². The lowest BCUT2D eigenvalue weighted by Gasteiger charge is -2.36. The van der Waals surface area contributed by atoms with Gasteiger partial charge in [-0.05, 0) is 31.6 Å². The number of carbonyl (C=O) groups excluding carboxylic acids is 1. The number of piperidine rings is 1. The lowest BCUT2D eigenvalue weighted by atomic mass is 9.83. The predicted octanol–water partition coefficient (Wildman–Crippen LogP) is 2.30. The standard InChI is InChI=1S/C16H20F3N3O2/c17-16(18,19)13-8-14(23)22(10-20-13)9-11-4-6-21(7-5-11)15(24)12-2-1-3-12/h8,10-12H,1-7,9H2. The normalized spacial score (nSPS) is 20.0. The molecule has 24 heavy (non-hydrogen) atoms. The highest BCUT2D eigenvalue weighted by Crippen LogP contribution is 2.30. The molecule has 0 spiro atoms. The minimum atomic E-state index is -4.61. The van der Waals surface area contributed by atoms with Gasteiger partial charge in [0.2, 0.25) is 5.91 Å². The van der Waals surface area contributed by atoms with E-state index in [1.165, 1.54) is 4.57 Å². The molecule has 3 rings (SSSR count). The van der Waals surface area contributed by atoms with E-state index in [4.69, 9.17) is 0 Å². The molecule has 5 nitrogen and oxygen atoms in total. The molecule has 1 amide bonds. The Balaban J connectivity index is 1.56. The summed E-state index contributed by atoms with van der Waals surface area (Å²) in [6.07, 6.45) is 0.952. The van der Waals surface area contributed by atoms with Crippen LogP contribution in [-0.2, 0) is 17.5 Å². The number of halogens is 3. The summed E-state index contributed by atoms with van der Waals surface area (Å²) in [5.41, 5.74) is -1.85. The molecule has 0 bridgehead atoms. The average Bonchev–Trinajstić information content (AvgIpc) is 2.47. The molecule has 1 aromatic rings. The van der Waals surface area contributed by atoms with Crippen molar-refractivity contribution in [2.24, 2.45) is 11.8 Å². The van der Waals surface area contributed by atoms with Gasteiger partial charge in [0.25, 0.3) is 5.56 Å². The van der Waals surface area contributed by atoms with Crippen molar-refractivity contribution in [2.45, 2.75) is 44.8 Å². The highest BCUT2D eigenvalue weighted by atomic mass is 19.4. The Bertz CT molecular complexity index is 659. The lowest BCUT2D eigenvalue weighted by Crippen LogP contribution is -2.44. The van der Waals surface area contributed by atoms with Crippen molar-refractivity contribution in [3.8, 4) is 0 Å². The number of nitrogens with zero attached hydrogens (tertiary/aromatic N) is 3. The van der Waals surface area contributed by atoms with Gasteiger partial charge in [0.05, 0.1) is 6.33 Å². The Kier molecular flexibility index (Phi) is 4.64. The van der Waals surface area contributed by atoms with Crippen LogP contribution in [0.25, 0.3) is 0 Å². The van der Waals surface area contributed by atoms with Crippen LogP contribution in [0, 0.1) is 11.8 Å². The fourth-order valence-corrected chi connectivity index (χ4v) is 3.25. The van der Waals surface area contributed by atoms with Crippen LogP contribution in [0.3, 0.4) is 0 Å². The fourth-order valence-electron chi connectivity index (χ4n) is 3.25. The molecule has 0 N–H and O–H groups in total. The van der Waals surface area contributed by atoms with Gasteiger partial charge in [-0.25, -0.2) is 4.98 Å².